The maximum Gasteiger partial charge on any atom is 0.259 e. The van der Waals surface area contributed by atoms with Crippen molar-refractivity contribution >= 4 is 5.91 Å². The molecule has 1 aromatic rings. The van der Waals surface area contributed by atoms with Gasteiger partial charge in [0, 0.05) is 18.6 Å². The second-order valence-corrected chi connectivity index (χ2v) is 5.66. The van der Waals surface area contributed by atoms with E-state index in [2.05, 4.69) is 12.2 Å². The first-order chi connectivity index (χ1) is 9.38. The number of carbonyl (C=O) groups excluding carboxylic acids is 1. The highest BCUT2D eigenvalue weighted by Gasteiger charge is 2.32. The third-order valence-corrected chi connectivity index (χ3v) is 4.26. The van der Waals surface area contributed by atoms with Gasteiger partial charge >= 0.3 is 0 Å². The number of aryl methyl sites for hydroxylation is 1. The van der Waals surface area contributed by atoms with Gasteiger partial charge in [-0.2, -0.15) is 0 Å². The second-order valence-electron chi connectivity index (χ2n) is 5.66. The molecule has 1 aliphatic rings. The van der Waals surface area contributed by atoms with Gasteiger partial charge in [0.2, 0.25) is 0 Å². The fourth-order valence-electron chi connectivity index (χ4n) is 2.46. The molecule has 1 amide bonds. The van der Waals surface area contributed by atoms with E-state index in [1.54, 1.807) is 0 Å². The summed E-state index contributed by atoms with van der Waals surface area (Å²) in [6.45, 7) is 4.62. The molecule has 1 N–H and O–H groups in total. The maximum absolute atomic E-state index is 14.0. The van der Waals surface area contributed by atoms with Crippen LogP contribution in [0.5, 0.6) is 0 Å². The van der Waals surface area contributed by atoms with Gasteiger partial charge in [-0.15, -0.1) is 0 Å². The predicted octanol–water partition coefficient (Wildman–Crippen LogP) is 2.49. The molecule has 2 rings (SSSR count). The molecule has 0 radical (unpaired) electrons. The number of rotatable bonds is 2. The average Bonchev–Trinajstić information content (AvgIpc) is 2.44. The minimum Gasteiger partial charge on any atom is -0.338 e. The second kappa shape index (κ2) is 5.48. The lowest BCUT2D eigenvalue weighted by Gasteiger charge is -2.39. The van der Waals surface area contributed by atoms with E-state index < -0.39 is 23.1 Å². The van der Waals surface area contributed by atoms with Gasteiger partial charge in [-0.25, -0.2) is 8.78 Å². The van der Waals surface area contributed by atoms with Gasteiger partial charge in [0.25, 0.3) is 5.91 Å². The van der Waals surface area contributed by atoms with Crippen LogP contribution in [0.3, 0.4) is 0 Å². The fourth-order valence-corrected chi connectivity index (χ4v) is 2.46. The first-order valence-electron chi connectivity index (χ1n) is 6.81. The van der Waals surface area contributed by atoms with Crippen molar-refractivity contribution in [2.24, 2.45) is 0 Å². The Kier molecular flexibility index (Phi) is 4.09. The molecule has 0 bridgehead atoms. The molecular weight excluding hydrogens is 262 g/mol. The zero-order chi connectivity index (χ0) is 14.9. The Labute approximate surface area is 118 Å². The molecule has 1 saturated heterocycles. The molecule has 110 valence electrons. The topological polar surface area (TPSA) is 32.3 Å². The van der Waals surface area contributed by atoms with Crippen molar-refractivity contribution in [1.29, 1.82) is 0 Å². The SMILES string of the molecule is CNC1(C)CCN(C(=O)c2c(F)ccc(C)c2F)CC1. The number of likely N-dealkylation sites (tertiary alicyclic amines) is 1. The van der Waals surface area contributed by atoms with Crippen LogP contribution in [-0.4, -0.2) is 36.5 Å². The monoisotopic (exact) mass is 282 g/mol. The zero-order valence-corrected chi connectivity index (χ0v) is 12.1. The lowest BCUT2D eigenvalue weighted by Crippen LogP contribution is -2.51. The predicted molar refractivity (Wildman–Crippen MR) is 73.7 cm³/mol. The Morgan fingerprint density at radius 2 is 1.90 bits per heavy atom. The third kappa shape index (κ3) is 2.68. The fraction of sp³-hybridized carbons (Fsp3) is 0.533. The van der Waals surface area contributed by atoms with Crippen LogP contribution in [0.4, 0.5) is 8.78 Å². The molecule has 1 aromatic carbocycles. The van der Waals surface area contributed by atoms with Crippen molar-refractivity contribution in [2.75, 3.05) is 20.1 Å². The number of carbonyl (C=O) groups is 1. The van der Waals surface area contributed by atoms with Gasteiger partial charge in [0.1, 0.15) is 17.2 Å². The van der Waals surface area contributed by atoms with Crippen LogP contribution in [0.25, 0.3) is 0 Å². The van der Waals surface area contributed by atoms with Gasteiger partial charge in [-0.05, 0) is 45.4 Å². The quantitative estimate of drug-likeness (QED) is 0.904. The molecule has 1 heterocycles. The van der Waals surface area contributed by atoms with E-state index in [1.807, 2.05) is 7.05 Å². The summed E-state index contributed by atoms with van der Waals surface area (Å²) >= 11 is 0. The normalized spacial score (nSPS) is 18.1. The number of hydrogen-bond donors (Lipinski definition) is 1. The van der Waals surface area contributed by atoms with E-state index in [-0.39, 0.29) is 11.1 Å². The lowest BCUT2D eigenvalue weighted by molar-refractivity contribution is 0.0652. The largest absolute Gasteiger partial charge is 0.338 e. The smallest absolute Gasteiger partial charge is 0.259 e. The number of nitrogens with zero attached hydrogens (tertiary/aromatic N) is 1. The van der Waals surface area contributed by atoms with E-state index in [1.165, 1.54) is 17.9 Å². The average molecular weight is 282 g/mol. The summed E-state index contributed by atoms with van der Waals surface area (Å²) in [5, 5.41) is 3.23. The Hall–Kier alpha value is -1.49. The van der Waals surface area contributed by atoms with E-state index in [4.69, 9.17) is 0 Å². The summed E-state index contributed by atoms with van der Waals surface area (Å²) in [6.07, 6.45) is 1.54. The van der Waals surface area contributed by atoms with E-state index in [0.29, 0.717) is 13.1 Å². The van der Waals surface area contributed by atoms with Crippen molar-refractivity contribution in [3.63, 3.8) is 0 Å². The van der Waals surface area contributed by atoms with Gasteiger partial charge in [0.15, 0.2) is 0 Å². The number of nitrogens with one attached hydrogen (secondary N) is 1. The number of benzene rings is 1. The van der Waals surface area contributed by atoms with Crippen LogP contribution in [0.1, 0.15) is 35.7 Å². The molecule has 20 heavy (non-hydrogen) atoms. The first-order valence-corrected chi connectivity index (χ1v) is 6.81. The Morgan fingerprint density at radius 3 is 2.45 bits per heavy atom. The van der Waals surface area contributed by atoms with Crippen LogP contribution >= 0.6 is 0 Å². The molecule has 0 saturated carbocycles. The number of amides is 1. The summed E-state index contributed by atoms with van der Waals surface area (Å²) in [7, 11) is 1.89. The van der Waals surface area contributed by atoms with Gasteiger partial charge < -0.3 is 10.2 Å². The number of hydrogen-bond acceptors (Lipinski definition) is 2. The zero-order valence-electron chi connectivity index (χ0n) is 12.1. The number of piperidine rings is 1. The van der Waals surface area contributed by atoms with Crippen molar-refractivity contribution in [3.8, 4) is 0 Å². The molecule has 0 unspecified atom stereocenters. The highest BCUT2D eigenvalue weighted by atomic mass is 19.1. The maximum atomic E-state index is 14.0. The lowest BCUT2D eigenvalue weighted by atomic mass is 9.89. The Bertz CT molecular complexity index is 523. The molecule has 0 aliphatic carbocycles. The molecule has 3 nitrogen and oxygen atoms in total. The standard InChI is InChI=1S/C15H20F2N2O/c1-10-4-5-11(16)12(13(10)17)14(20)19-8-6-15(2,18-3)7-9-19/h4-5,18H,6-9H2,1-3H3. The summed E-state index contributed by atoms with van der Waals surface area (Å²) in [5.41, 5.74) is -0.162. The summed E-state index contributed by atoms with van der Waals surface area (Å²) in [5.74, 6) is -2.10. The summed E-state index contributed by atoms with van der Waals surface area (Å²) in [6, 6.07) is 2.49. The Balaban J connectivity index is 2.20. The van der Waals surface area contributed by atoms with E-state index >= 15 is 0 Å². The highest BCUT2D eigenvalue weighted by molar-refractivity contribution is 5.95. The minimum absolute atomic E-state index is 0.0134. The van der Waals surface area contributed by atoms with Gasteiger partial charge in [-0.1, -0.05) is 6.07 Å². The van der Waals surface area contributed by atoms with Crippen LogP contribution < -0.4 is 5.32 Å². The molecule has 1 fully saturated rings. The number of halogens is 2. The molecule has 0 atom stereocenters. The molecule has 5 heteroatoms. The third-order valence-electron chi connectivity index (χ3n) is 4.26. The van der Waals surface area contributed by atoms with Crippen LogP contribution in [0.2, 0.25) is 0 Å². The van der Waals surface area contributed by atoms with E-state index in [9.17, 15) is 13.6 Å². The van der Waals surface area contributed by atoms with Crippen LogP contribution in [0, 0.1) is 18.6 Å². The van der Waals surface area contributed by atoms with Gasteiger partial charge in [-0.3, -0.25) is 4.79 Å². The van der Waals surface area contributed by atoms with Crippen molar-refractivity contribution in [3.05, 3.63) is 34.9 Å². The minimum atomic E-state index is -0.792. The summed E-state index contributed by atoms with van der Waals surface area (Å²) < 4.78 is 27.7. The van der Waals surface area contributed by atoms with Crippen LogP contribution in [0.15, 0.2) is 12.1 Å². The van der Waals surface area contributed by atoms with E-state index in [0.717, 1.165) is 18.9 Å². The van der Waals surface area contributed by atoms with Crippen LogP contribution in [-0.2, 0) is 0 Å². The van der Waals surface area contributed by atoms with Crippen molar-refractivity contribution < 1.29 is 13.6 Å². The summed E-state index contributed by atoms with van der Waals surface area (Å²) in [4.78, 5) is 13.8. The molecular formula is C15H20F2N2O. The van der Waals surface area contributed by atoms with Crippen molar-refractivity contribution in [2.45, 2.75) is 32.2 Å². The van der Waals surface area contributed by atoms with Crippen molar-refractivity contribution in [1.82, 2.24) is 10.2 Å². The molecule has 0 aromatic heterocycles. The first kappa shape index (κ1) is 14.9. The van der Waals surface area contributed by atoms with Gasteiger partial charge in [0.05, 0.1) is 0 Å². The Morgan fingerprint density at radius 1 is 1.30 bits per heavy atom. The highest BCUT2D eigenvalue weighted by Crippen LogP contribution is 2.24. The molecule has 1 aliphatic heterocycles. The molecule has 0 spiro atoms.